The van der Waals surface area contributed by atoms with Crippen LogP contribution in [0, 0.1) is 0 Å². The van der Waals surface area contributed by atoms with Gasteiger partial charge in [-0.15, -0.1) is 0 Å². The number of rotatable bonds is 3. The Balaban J connectivity index is 2.74. The van der Waals surface area contributed by atoms with Crippen LogP contribution in [0.25, 0.3) is 6.08 Å². The number of hydrogen-bond acceptors (Lipinski definition) is 2. The van der Waals surface area contributed by atoms with Gasteiger partial charge in [-0.3, -0.25) is 0 Å². The molecule has 0 bridgehead atoms. The van der Waals surface area contributed by atoms with Gasteiger partial charge in [-0.25, -0.2) is 4.79 Å². The summed E-state index contributed by atoms with van der Waals surface area (Å²) in [5.74, 6) is -1.80. The minimum Gasteiger partial charge on any atom is -0.461 e. The van der Waals surface area contributed by atoms with E-state index in [2.05, 4.69) is 4.74 Å². The van der Waals surface area contributed by atoms with Crippen LogP contribution in [0.15, 0.2) is 36.2 Å². The lowest BCUT2D eigenvalue weighted by Gasteiger charge is -1.98. The highest BCUT2D eigenvalue weighted by molar-refractivity contribution is 5.91. The summed E-state index contributed by atoms with van der Waals surface area (Å²) >= 11 is 0. The van der Waals surface area contributed by atoms with E-state index in [1.807, 2.05) is 6.07 Å². The van der Waals surface area contributed by atoms with E-state index in [9.17, 15) is 9.18 Å². The van der Waals surface area contributed by atoms with Crippen molar-refractivity contribution >= 4 is 12.0 Å². The molecule has 0 N–H and O–H groups in total. The summed E-state index contributed by atoms with van der Waals surface area (Å²) in [5, 5.41) is 0. The molecule has 0 unspecified atom stereocenters. The Bertz CT molecular complexity index is 330. The second kappa shape index (κ2) is 5.17. The Morgan fingerprint density at radius 1 is 1.43 bits per heavy atom. The molecule has 0 heterocycles. The molecule has 14 heavy (non-hydrogen) atoms. The van der Waals surface area contributed by atoms with E-state index in [-0.39, 0.29) is 6.61 Å². The fraction of sp³-hybridized carbons (Fsp3) is 0.182. The standard InChI is InChI=1S/C11H11FO2/c1-2-14-11(13)10(12)8-9-6-4-3-5-7-9/h3-8H,2H2,1H3/b10-8-. The highest BCUT2D eigenvalue weighted by Gasteiger charge is 2.08. The summed E-state index contributed by atoms with van der Waals surface area (Å²) in [4.78, 5) is 10.9. The molecule has 0 aromatic heterocycles. The summed E-state index contributed by atoms with van der Waals surface area (Å²) in [6.07, 6.45) is 1.15. The summed E-state index contributed by atoms with van der Waals surface area (Å²) in [7, 11) is 0. The van der Waals surface area contributed by atoms with Gasteiger partial charge in [-0.1, -0.05) is 30.3 Å². The van der Waals surface area contributed by atoms with Gasteiger partial charge >= 0.3 is 5.97 Å². The molecule has 0 aliphatic heterocycles. The number of esters is 1. The van der Waals surface area contributed by atoms with Crippen molar-refractivity contribution in [3.63, 3.8) is 0 Å². The maximum atomic E-state index is 13.1. The Morgan fingerprint density at radius 2 is 2.07 bits per heavy atom. The van der Waals surface area contributed by atoms with Crippen LogP contribution in [0.5, 0.6) is 0 Å². The molecule has 0 saturated carbocycles. The molecule has 0 atom stereocenters. The SMILES string of the molecule is CCOC(=O)/C(F)=C/c1ccccc1. The topological polar surface area (TPSA) is 26.3 Å². The predicted molar refractivity (Wildman–Crippen MR) is 52.2 cm³/mol. The van der Waals surface area contributed by atoms with Crippen molar-refractivity contribution in [2.75, 3.05) is 6.61 Å². The van der Waals surface area contributed by atoms with Gasteiger partial charge in [0.05, 0.1) is 6.61 Å². The Kier molecular flexibility index (Phi) is 3.85. The van der Waals surface area contributed by atoms with E-state index in [0.29, 0.717) is 5.56 Å². The average Bonchev–Trinajstić information content (AvgIpc) is 2.19. The van der Waals surface area contributed by atoms with Gasteiger partial charge in [0.25, 0.3) is 0 Å². The lowest BCUT2D eigenvalue weighted by atomic mass is 10.2. The quantitative estimate of drug-likeness (QED) is 0.546. The van der Waals surface area contributed by atoms with Crippen LogP contribution in [0.4, 0.5) is 4.39 Å². The maximum absolute atomic E-state index is 13.1. The molecule has 1 rings (SSSR count). The molecular weight excluding hydrogens is 183 g/mol. The summed E-state index contributed by atoms with van der Waals surface area (Å²) in [5.41, 5.74) is 0.637. The van der Waals surface area contributed by atoms with Crippen molar-refractivity contribution < 1.29 is 13.9 Å². The molecule has 0 amide bonds. The first kappa shape index (κ1) is 10.4. The molecule has 1 aromatic rings. The molecule has 0 aliphatic rings. The molecule has 3 heteroatoms. The fourth-order valence-corrected chi connectivity index (χ4v) is 0.955. The highest BCUT2D eigenvalue weighted by Crippen LogP contribution is 2.08. The lowest BCUT2D eigenvalue weighted by molar-refractivity contribution is -0.140. The average molecular weight is 194 g/mol. The Morgan fingerprint density at radius 3 is 2.64 bits per heavy atom. The second-order valence-corrected chi connectivity index (χ2v) is 2.62. The van der Waals surface area contributed by atoms with Crippen molar-refractivity contribution in [2.24, 2.45) is 0 Å². The normalized spacial score (nSPS) is 11.1. The fourth-order valence-electron chi connectivity index (χ4n) is 0.955. The summed E-state index contributed by atoms with van der Waals surface area (Å²) in [6.45, 7) is 1.81. The number of carbonyl (C=O) groups is 1. The zero-order valence-corrected chi connectivity index (χ0v) is 7.87. The van der Waals surface area contributed by atoms with Gasteiger partial charge in [0.15, 0.2) is 0 Å². The molecular formula is C11H11FO2. The van der Waals surface area contributed by atoms with Crippen LogP contribution in [-0.2, 0) is 9.53 Å². The van der Waals surface area contributed by atoms with E-state index < -0.39 is 11.8 Å². The smallest absolute Gasteiger partial charge is 0.367 e. The maximum Gasteiger partial charge on any atom is 0.367 e. The third kappa shape index (κ3) is 3.01. The first-order chi connectivity index (χ1) is 6.74. The van der Waals surface area contributed by atoms with E-state index in [0.717, 1.165) is 6.08 Å². The Hall–Kier alpha value is -1.64. The van der Waals surface area contributed by atoms with Gasteiger partial charge in [-0.2, -0.15) is 4.39 Å². The van der Waals surface area contributed by atoms with E-state index >= 15 is 0 Å². The van der Waals surface area contributed by atoms with Gasteiger partial charge in [0.2, 0.25) is 5.83 Å². The molecule has 0 fully saturated rings. The van der Waals surface area contributed by atoms with Crippen LogP contribution in [0.2, 0.25) is 0 Å². The number of carbonyl (C=O) groups excluding carboxylic acids is 1. The molecule has 1 aromatic carbocycles. The van der Waals surface area contributed by atoms with Crippen molar-refractivity contribution in [3.05, 3.63) is 41.7 Å². The first-order valence-corrected chi connectivity index (χ1v) is 4.33. The zero-order valence-electron chi connectivity index (χ0n) is 7.87. The van der Waals surface area contributed by atoms with E-state index in [1.165, 1.54) is 0 Å². The first-order valence-electron chi connectivity index (χ1n) is 4.33. The van der Waals surface area contributed by atoms with E-state index in [1.54, 1.807) is 31.2 Å². The number of halogens is 1. The van der Waals surface area contributed by atoms with Gasteiger partial charge in [0, 0.05) is 0 Å². The third-order valence-electron chi connectivity index (χ3n) is 1.56. The van der Waals surface area contributed by atoms with E-state index in [4.69, 9.17) is 0 Å². The number of benzene rings is 1. The second-order valence-electron chi connectivity index (χ2n) is 2.62. The predicted octanol–water partition coefficient (Wildman–Crippen LogP) is 2.56. The van der Waals surface area contributed by atoms with Crippen LogP contribution >= 0.6 is 0 Å². The number of hydrogen-bond donors (Lipinski definition) is 0. The molecule has 2 nitrogen and oxygen atoms in total. The van der Waals surface area contributed by atoms with Crippen molar-refractivity contribution in [1.82, 2.24) is 0 Å². The highest BCUT2D eigenvalue weighted by atomic mass is 19.1. The van der Waals surface area contributed by atoms with Crippen LogP contribution in [0.3, 0.4) is 0 Å². The van der Waals surface area contributed by atoms with Gasteiger partial charge in [-0.05, 0) is 18.6 Å². The molecule has 0 radical (unpaired) electrons. The lowest BCUT2D eigenvalue weighted by Crippen LogP contribution is -2.03. The largest absolute Gasteiger partial charge is 0.461 e. The third-order valence-corrected chi connectivity index (χ3v) is 1.56. The minimum absolute atomic E-state index is 0.175. The van der Waals surface area contributed by atoms with Crippen LogP contribution < -0.4 is 0 Å². The van der Waals surface area contributed by atoms with Crippen molar-refractivity contribution in [2.45, 2.75) is 6.92 Å². The van der Waals surface area contributed by atoms with Crippen molar-refractivity contribution in [3.8, 4) is 0 Å². The summed E-state index contributed by atoms with van der Waals surface area (Å²) < 4.78 is 17.5. The Labute approximate surface area is 82.0 Å². The minimum atomic E-state index is -0.920. The van der Waals surface area contributed by atoms with Gasteiger partial charge in [0.1, 0.15) is 0 Å². The van der Waals surface area contributed by atoms with Crippen LogP contribution in [0.1, 0.15) is 12.5 Å². The zero-order chi connectivity index (χ0) is 10.4. The molecule has 0 aliphatic carbocycles. The molecule has 74 valence electrons. The molecule has 0 saturated heterocycles. The van der Waals surface area contributed by atoms with Gasteiger partial charge < -0.3 is 4.74 Å². The number of ether oxygens (including phenoxy) is 1. The van der Waals surface area contributed by atoms with Crippen LogP contribution in [-0.4, -0.2) is 12.6 Å². The monoisotopic (exact) mass is 194 g/mol. The molecule has 0 spiro atoms. The summed E-state index contributed by atoms with van der Waals surface area (Å²) in [6, 6.07) is 8.77. The van der Waals surface area contributed by atoms with Crippen molar-refractivity contribution in [1.29, 1.82) is 0 Å².